The van der Waals surface area contributed by atoms with Crippen molar-refractivity contribution >= 4 is 5.91 Å². The normalized spacial score (nSPS) is 11.8. The smallest absolute Gasteiger partial charge is 0.272 e. The van der Waals surface area contributed by atoms with Gasteiger partial charge in [-0.2, -0.15) is 5.10 Å². The molecular weight excluding hydrogens is 362 g/mol. The molecule has 5 nitrogen and oxygen atoms in total. The summed E-state index contributed by atoms with van der Waals surface area (Å²) in [7, 11) is 0. The zero-order chi connectivity index (χ0) is 20.5. The lowest BCUT2D eigenvalue weighted by Crippen LogP contribution is -2.32. The number of unbranched alkanes of at least 4 members (excludes halogenated alkanes) is 1. The maximum Gasteiger partial charge on any atom is 0.272 e. The van der Waals surface area contributed by atoms with Gasteiger partial charge >= 0.3 is 0 Å². The summed E-state index contributed by atoms with van der Waals surface area (Å²) in [5.41, 5.74) is 2.37. The molecule has 1 aromatic heterocycles. The number of nitrogens with zero attached hydrogens (tertiary/aromatic N) is 2. The largest absolute Gasteiger partial charge is 0.344 e. The molecule has 1 N–H and O–H groups in total. The van der Waals surface area contributed by atoms with Gasteiger partial charge in [-0.3, -0.25) is 9.59 Å². The van der Waals surface area contributed by atoms with Crippen molar-refractivity contribution in [3.8, 4) is 0 Å². The average Bonchev–Trinajstić information content (AvgIpc) is 2.77. The number of carbonyl (C=O) groups is 1. The predicted octanol–water partition coefficient (Wildman–Crippen LogP) is 4.15. The Kier molecular flexibility index (Phi) is 7.34. The summed E-state index contributed by atoms with van der Waals surface area (Å²) in [4.78, 5) is 24.9. The lowest BCUT2D eigenvalue weighted by atomic mass is 9.99. The molecule has 0 fully saturated rings. The molecule has 0 bridgehead atoms. The molecule has 3 rings (SSSR count). The van der Waals surface area contributed by atoms with Gasteiger partial charge in [0.1, 0.15) is 5.69 Å². The molecule has 3 aromatic rings. The number of amides is 1. The van der Waals surface area contributed by atoms with Crippen molar-refractivity contribution in [1.29, 1.82) is 0 Å². The first-order valence-corrected chi connectivity index (χ1v) is 10.1. The van der Waals surface area contributed by atoms with Gasteiger partial charge in [-0.1, -0.05) is 74.0 Å². The van der Waals surface area contributed by atoms with E-state index in [-0.39, 0.29) is 23.2 Å². The van der Waals surface area contributed by atoms with E-state index in [2.05, 4.69) is 29.5 Å². The van der Waals surface area contributed by atoms with E-state index in [1.165, 1.54) is 22.4 Å². The van der Waals surface area contributed by atoms with Gasteiger partial charge in [-0.15, -0.1) is 0 Å². The van der Waals surface area contributed by atoms with Crippen molar-refractivity contribution < 1.29 is 4.79 Å². The van der Waals surface area contributed by atoms with Gasteiger partial charge in [0.05, 0.1) is 6.04 Å². The molecule has 1 unspecified atom stereocenters. The van der Waals surface area contributed by atoms with Gasteiger partial charge in [0, 0.05) is 12.6 Å². The van der Waals surface area contributed by atoms with Crippen LogP contribution in [0.1, 0.15) is 53.8 Å². The van der Waals surface area contributed by atoms with Crippen LogP contribution >= 0.6 is 0 Å². The Balaban J connectivity index is 1.76. The van der Waals surface area contributed by atoms with E-state index in [0.717, 1.165) is 31.2 Å². The van der Waals surface area contributed by atoms with Crippen molar-refractivity contribution in [3.63, 3.8) is 0 Å². The van der Waals surface area contributed by atoms with E-state index < -0.39 is 0 Å². The Hall–Kier alpha value is -3.21. The Bertz CT molecular complexity index is 968. The van der Waals surface area contributed by atoms with E-state index in [0.29, 0.717) is 6.54 Å². The number of benzene rings is 2. The number of hydrogen-bond donors (Lipinski definition) is 1. The standard InChI is InChI=1S/C24H27N3O2/c1-2-3-18-27-23(28)17-16-22(26-27)24(29)25-21(20-12-8-5-9-13-20)15-14-19-10-6-4-7-11-19/h4-13,16-17,21H,2-3,14-15,18H2,1H3,(H,25,29). The van der Waals surface area contributed by atoms with Gasteiger partial charge in [-0.05, 0) is 36.5 Å². The number of nitrogens with one attached hydrogen (secondary N) is 1. The molecule has 0 saturated heterocycles. The minimum atomic E-state index is -0.267. The third kappa shape index (κ3) is 5.88. The van der Waals surface area contributed by atoms with Crippen molar-refractivity contribution in [1.82, 2.24) is 15.1 Å². The molecule has 0 radical (unpaired) electrons. The number of carbonyl (C=O) groups excluding carboxylic acids is 1. The molecule has 1 heterocycles. The van der Waals surface area contributed by atoms with Crippen molar-refractivity contribution in [2.24, 2.45) is 0 Å². The minimum Gasteiger partial charge on any atom is -0.344 e. The number of aryl methyl sites for hydroxylation is 2. The lowest BCUT2D eigenvalue weighted by Gasteiger charge is -2.19. The first kappa shape index (κ1) is 20.5. The first-order valence-electron chi connectivity index (χ1n) is 10.1. The van der Waals surface area contributed by atoms with E-state index in [9.17, 15) is 9.59 Å². The summed E-state index contributed by atoms with van der Waals surface area (Å²) >= 11 is 0. The van der Waals surface area contributed by atoms with Crippen LogP contribution in [0.4, 0.5) is 0 Å². The fraction of sp³-hybridized carbons (Fsp3) is 0.292. The molecule has 1 atom stereocenters. The molecule has 150 valence electrons. The molecule has 5 heteroatoms. The zero-order valence-corrected chi connectivity index (χ0v) is 16.8. The summed E-state index contributed by atoms with van der Waals surface area (Å²) < 4.78 is 1.37. The second kappa shape index (κ2) is 10.4. The lowest BCUT2D eigenvalue weighted by molar-refractivity contribution is 0.0927. The second-order valence-electron chi connectivity index (χ2n) is 7.09. The number of aromatic nitrogens is 2. The highest BCUT2D eigenvalue weighted by atomic mass is 16.2. The van der Waals surface area contributed by atoms with Gasteiger partial charge < -0.3 is 5.32 Å². The summed E-state index contributed by atoms with van der Waals surface area (Å²) in [6.07, 6.45) is 3.43. The van der Waals surface area contributed by atoms with Crippen LogP contribution in [0, 0.1) is 0 Å². The highest BCUT2D eigenvalue weighted by Gasteiger charge is 2.17. The quantitative estimate of drug-likeness (QED) is 0.598. The van der Waals surface area contributed by atoms with Gasteiger partial charge in [0.2, 0.25) is 0 Å². The van der Waals surface area contributed by atoms with E-state index in [4.69, 9.17) is 0 Å². The summed E-state index contributed by atoms with van der Waals surface area (Å²) in [5.74, 6) is -0.267. The highest BCUT2D eigenvalue weighted by molar-refractivity contribution is 5.92. The highest BCUT2D eigenvalue weighted by Crippen LogP contribution is 2.19. The van der Waals surface area contributed by atoms with Crippen molar-refractivity contribution in [2.45, 2.75) is 45.2 Å². The molecule has 2 aromatic carbocycles. The summed E-state index contributed by atoms with van der Waals surface area (Å²) in [6.45, 7) is 2.57. The molecular formula is C24H27N3O2. The third-order valence-electron chi connectivity index (χ3n) is 4.89. The fourth-order valence-electron chi connectivity index (χ4n) is 3.23. The van der Waals surface area contributed by atoms with Crippen LogP contribution in [-0.4, -0.2) is 15.7 Å². The summed E-state index contributed by atoms with van der Waals surface area (Å²) in [6, 6.07) is 23.0. The Morgan fingerprint density at radius 1 is 1.00 bits per heavy atom. The maximum absolute atomic E-state index is 12.9. The zero-order valence-electron chi connectivity index (χ0n) is 16.8. The van der Waals surface area contributed by atoms with E-state index in [1.807, 2.05) is 48.5 Å². The van der Waals surface area contributed by atoms with Crippen molar-refractivity contribution in [2.75, 3.05) is 0 Å². The topological polar surface area (TPSA) is 64.0 Å². The van der Waals surface area contributed by atoms with Gasteiger partial charge in [0.25, 0.3) is 11.5 Å². The van der Waals surface area contributed by atoms with Crippen LogP contribution in [0.25, 0.3) is 0 Å². The molecule has 0 aliphatic carbocycles. The van der Waals surface area contributed by atoms with Gasteiger partial charge in [0.15, 0.2) is 0 Å². The fourth-order valence-corrected chi connectivity index (χ4v) is 3.23. The molecule has 1 amide bonds. The molecule has 0 spiro atoms. The Morgan fingerprint density at radius 3 is 2.38 bits per heavy atom. The van der Waals surface area contributed by atoms with E-state index >= 15 is 0 Å². The van der Waals surface area contributed by atoms with E-state index in [1.54, 1.807) is 0 Å². The predicted molar refractivity (Wildman–Crippen MR) is 115 cm³/mol. The van der Waals surface area contributed by atoms with Crippen LogP contribution < -0.4 is 10.9 Å². The molecule has 0 saturated carbocycles. The van der Waals surface area contributed by atoms with Crippen LogP contribution in [-0.2, 0) is 13.0 Å². The minimum absolute atomic E-state index is 0.137. The third-order valence-corrected chi connectivity index (χ3v) is 4.89. The molecule has 0 aliphatic rings. The first-order chi connectivity index (χ1) is 14.2. The van der Waals surface area contributed by atoms with Crippen LogP contribution in [0.15, 0.2) is 77.6 Å². The van der Waals surface area contributed by atoms with Crippen LogP contribution in [0.3, 0.4) is 0 Å². The summed E-state index contributed by atoms with van der Waals surface area (Å²) in [5, 5.41) is 7.37. The maximum atomic E-state index is 12.9. The SMILES string of the molecule is CCCCn1nc(C(=O)NC(CCc2ccccc2)c2ccccc2)ccc1=O. The Morgan fingerprint density at radius 2 is 1.69 bits per heavy atom. The average molecular weight is 389 g/mol. The van der Waals surface area contributed by atoms with Crippen molar-refractivity contribution in [3.05, 3.63) is 100.0 Å². The van der Waals surface area contributed by atoms with Gasteiger partial charge in [-0.25, -0.2) is 4.68 Å². The number of rotatable bonds is 9. The number of hydrogen-bond acceptors (Lipinski definition) is 3. The molecule has 0 aliphatic heterocycles. The second-order valence-corrected chi connectivity index (χ2v) is 7.09. The molecule has 29 heavy (non-hydrogen) atoms. The monoisotopic (exact) mass is 389 g/mol. The Labute approximate surface area is 171 Å². The van der Waals surface area contributed by atoms with Crippen LogP contribution in [0.2, 0.25) is 0 Å². The van der Waals surface area contributed by atoms with Crippen LogP contribution in [0.5, 0.6) is 0 Å².